The van der Waals surface area contributed by atoms with E-state index in [0.29, 0.717) is 30.1 Å². The standard InChI is InChI=1S/C27H38N2O6S/c1-5-6-12-23(25(30)18-36-17-22-11-8-13-34-22)29-27(32)24(14-19(2)3)28-26(31)16-35-21-10-7-9-20(15-21)33-4/h7-11,13,15,19,23-24H,5-6,12,14,16-18H2,1-4H3,(H,28,31)(H,29,32). The van der Waals surface area contributed by atoms with Crippen LogP contribution in [-0.4, -0.2) is 49.2 Å². The number of furan rings is 1. The van der Waals surface area contributed by atoms with E-state index in [4.69, 9.17) is 13.9 Å². The first-order chi connectivity index (χ1) is 17.3. The van der Waals surface area contributed by atoms with Crippen molar-refractivity contribution in [3.63, 3.8) is 0 Å². The second kappa shape index (κ2) is 15.9. The Kier molecular flexibility index (Phi) is 13.0. The quantitative estimate of drug-likeness (QED) is 0.320. The molecule has 0 spiro atoms. The van der Waals surface area contributed by atoms with Crippen LogP contribution in [0.2, 0.25) is 0 Å². The number of Topliss-reactive ketones (excluding diaryl/α,β-unsaturated/α-hetero) is 1. The Balaban J connectivity index is 1.94. The van der Waals surface area contributed by atoms with Crippen LogP contribution in [0.4, 0.5) is 0 Å². The van der Waals surface area contributed by atoms with Crippen LogP contribution in [-0.2, 0) is 20.1 Å². The molecule has 0 saturated carbocycles. The van der Waals surface area contributed by atoms with E-state index in [0.717, 1.165) is 18.6 Å². The van der Waals surface area contributed by atoms with Crippen molar-refractivity contribution in [2.45, 2.75) is 64.3 Å². The summed E-state index contributed by atoms with van der Waals surface area (Å²) in [5.74, 6) is 2.13. The largest absolute Gasteiger partial charge is 0.497 e. The summed E-state index contributed by atoms with van der Waals surface area (Å²) >= 11 is 1.45. The predicted octanol–water partition coefficient (Wildman–Crippen LogP) is 4.38. The van der Waals surface area contributed by atoms with Crippen LogP contribution in [0.5, 0.6) is 11.5 Å². The van der Waals surface area contributed by atoms with Gasteiger partial charge in [0.05, 0.1) is 30.9 Å². The van der Waals surface area contributed by atoms with Crippen molar-refractivity contribution in [1.29, 1.82) is 0 Å². The first-order valence-electron chi connectivity index (χ1n) is 12.3. The number of nitrogens with one attached hydrogen (secondary N) is 2. The van der Waals surface area contributed by atoms with Crippen molar-refractivity contribution in [2.24, 2.45) is 5.92 Å². The Bertz CT molecular complexity index is 948. The molecule has 1 aromatic carbocycles. The highest BCUT2D eigenvalue weighted by Gasteiger charge is 2.27. The van der Waals surface area contributed by atoms with Gasteiger partial charge in [-0.3, -0.25) is 14.4 Å². The van der Waals surface area contributed by atoms with Crippen LogP contribution >= 0.6 is 11.8 Å². The van der Waals surface area contributed by atoms with Crippen LogP contribution in [0.25, 0.3) is 0 Å². The number of carbonyl (C=O) groups excluding carboxylic acids is 3. The lowest BCUT2D eigenvalue weighted by atomic mass is 10.0. The molecule has 0 aliphatic carbocycles. The minimum atomic E-state index is -0.765. The number of benzene rings is 1. The fourth-order valence-corrected chi connectivity index (χ4v) is 4.39. The van der Waals surface area contributed by atoms with Crippen LogP contribution < -0.4 is 20.1 Å². The third-order valence-electron chi connectivity index (χ3n) is 5.39. The highest BCUT2D eigenvalue weighted by Crippen LogP contribution is 2.19. The maximum atomic E-state index is 13.2. The number of hydrogen-bond acceptors (Lipinski definition) is 7. The van der Waals surface area contributed by atoms with Crippen molar-refractivity contribution in [3.05, 3.63) is 48.4 Å². The Hall–Kier alpha value is -2.94. The predicted molar refractivity (Wildman–Crippen MR) is 141 cm³/mol. The number of thioether (sulfide) groups is 1. The van der Waals surface area contributed by atoms with Crippen LogP contribution in [0.3, 0.4) is 0 Å². The highest BCUT2D eigenvalue weighted by atomic mass is 32.2. The van der Waals surface area contributed by atoms with Gasteiger partial charge in [0.2, 0.25) is 5.91 Å². The molecule has 36 heavy (non-hydrogen) atoms. The minimum Gasteiger partial charge on any atom is -0.497 e. The lowest BCUT2D eigenvalue weighted by Gasteiger charge is -2.24. The number of hydrogen-bond donors (Lipinski definition) is 2. The molecule has 0 saturated heterocycles. The molecule has 2 atom stereocenters. The molecule has 0 aliphatic heterocycles. The first kappa shape index (κ1) is 29.3. The Labute approximate surface area is 217 Å². The summed E-state index contributed by atoms with van der Waals surface area (Å²) in [5, 5.41) is 5.67. The van der Waals surface area contributed by atoms with Gasteiger partial charge < -0.3 is 24.5 Å². The summed E-state index contributed by atoms with van der Waals surface area (Å²) in [6, 6.07) is 9.27. The molecule has 0 radical (unpaired) electrons. The third kappa shape index (κ3) is 10.8. The van der Waals surface area contributed by atoms with Gasteiger partial charge in [-0.15, -0.1) is 11.8 Å². The third-order valence-corrected chi connectivity index (χ3v) is 6.37. The van der Waals surface area contributed by atoms with Gasteiger partial charge >= 0.3 is 0 Å². The lowest BCUT2D eigenvalue weighted by Crippen LogP contribution is -2.53. The number of ether oxygens (including phenoxy) is 2. The average molecular weight is 519 g/mol. The van der Waals surface area contributed by atoms with Crippen LogP contribution in [0, 0.1) is 5.92 Å². The molecule has 0 aliphatic rings. The molecule has 0 fully saturated rings. The summed E-state index contributed by atoms with van der Waals surface area (Å²) in [4.78, 5) is 38.6. The van der Waals surface area contributed by atoms with E-state index in [-0.39, 0.29) is 30.0 Å². The second-order valence-corrected chi connectivity index (χ2v) is 9.94. The van der Waals surface area contributed by atoms with Gasteiger partial charge in [0.15, 0.2) is 12.4 Å². The fourth-order valence-electron chi connectivity index (χ4n) is 3.52. The zero-order valence-corrected chi connectivity index (χ0v) is 22.4. The number of carbonyl (C=O) groups is 3. The van der Waals surface area contributed by atoms with Crippen molar-refractivity contribution in [2.75, 3.05) is 19.5 Å². The molecule has 2 N–H and O–H groups in total. The molecule has 9 heteroatoms. The fraction of sp³-hybridized carbons (Fsp3) is 0.519. The zero-order chi connectivity index (χ0) is 26.3. The SMILES string of the molecule is CCCCC(NC(=O)C(CC(C)C)NC(=O)COc1cccc(OC)c1)C(=O)CSCc1ccco1. The van der Waals surface area contributed by atoms with Crippen molar-refractivity contribution < 1.29 is 28.3 Å². The molecule has 1 aromatic heterocycles. The van der Waals surface area contributed by atoms with Crippen molar-refractivity contribution in [3.8, 4) is 11.5 Å². The van der Waals surface area contributed by atoms with Gasteiger partial charge in [-0.05, 0) is 43.0 Å². The molecule has 2 amide bonds. The lowest BCUT2D eigenvalue weighted by molar-refractivity contribution is -0.132. The number of amides is 2. The molecular formula is C27H38N2O6S. The number of ketones is 1. The molecule has 8 nitrogen and oxygen atoms in total. The summed E-state index contributed by atoms with van der Waals surface area (Å²) in [6.07, 6.45) is 4.33. The number of rotatable bonds is 17. The normalized spacial score (nSPS) is 12.6. The first-order valence-corrected chi connectivity index (χ1v) is 13.5. The van der Waals surface area contributed by atoms with Crippen LogP contribution in [0.15, 0.2) is 47.1 Å². The summed E-state index contributed by atoms with van der Waals surface area (Å²) in [6.45, 7) is 5.75. The summed E-state index contributed by atoms with van der Waals surface area (Å²) in [7, 11) is 1.55. The molecule has 0 bridgehead atoms. The average Bonchev–Trinajstić information content (AvgIpc) is 3.38. The number of unbranched alkanes of at least 4 members (excludes halogenated alkanes) is 1. The molecule has 2 aromatic rings. The smallest absolute Gasteiger partial charge is 0.258 e. The van der Waals surface area contributed by atoms with Gasteiger partial charge in [0.1, 0.15) is 23.3 Å². The van der Waals surface area contributed by atoms with E-state index in [2.05, 4.69) is 10.6 Å². The maximum Gasteiger partial charge on any atom is 0.258 e. The molecular weight excluding hydrogens is 480 g/mol. The topological polar surface area (TPSA) is 107 Å². The Morgan fingerprint density at radius 2 is 1.83 bits per heavy atom. The van der Waals surface area contributed by atoms with E-state index in [1.54, 1.807) is 37.6 Å². The Morgan fingerprint density at radius 3 is 2.50 bits per heavy atom. The summed E-state index contributed by atoms with van der Waals surface area (Å²) in [5.41, 5.74) is 0. The van der Waals surface area contributed by atoms with Gasteiger partial charge in [-0.25, -0.2) is 0 Å². The van der Waals surface area contributed by atoms with E-state index < -0.39 is 18.0 Å². The van der Waals surface area contributed by atoms with Crippen molar-refractivity contribution >= 4 is 29.4 Å². The molecule has 2 rings (SSSR count). The zero-order valence-electron chi connectivity index (χ0n) is 21.6. The van der Waals surface area contributed by atoms with E-state index in [9.17, 15) is 14.4 Å². The van der Waals surface area contributed by atoms with E-state index in [1.807, 2.05) is 32.9 Å². The molecule has 1 heterocycles. The van der Waals surface area contributed by atoms with E-state index in [1.165, 1.54) is 11.8 Å². The maximum absolute atomic E-state index is 13.2. The second-order valence-electron chi connectivity index (χ2n) is 8.96. The molecule has 198 valence electrons. The van der Waals surface area contributed by atoms with Crippen molar-refractivity contribution in [1.82, 2.24) is 10.6 Å². The number of methoxy groups -OCH3 is 1. The van der Waals surface area contributed by atoms with Gasteiger partial charge in [-0.2, -0.15) is 0 Å². The van der Waals surface area contributed by atoms with Gasteiger partial charge in [0, 0.05) is 6.07 Å². The minimum absolute atomic E-state index is 0.0377. The Morgan fingerprint density at radius 1 is 1.06 bits per heavy atom. The van der Waals surface area contributed by atoms with Gasteiger partial charge in [0.25, 0.3) is 5.91 Å². The van der Waals surface area contributed by atoms with E-state index >= 15 is 0 Å². The van der Waals surface area contributed by atoms with Crippen LogP contribution in [0.1, 0.15) is 52.2 Å². The highest BCUT2D eigenvalue weighted by molar-refractivity contribution is 7.99. The summed E-state index contributed by atoms with van der Waals surface area (Å²) < 4.78 is 16.0. The molecule has 2 unspecified atom stereocenters. The van der Waals surface area contributed by atoms with Gasteiger partial charge in [-0.1, -0.05) is 39.7 Å². The monoisotopic (exact) mass is 518 g/mol.